The first kappa shape index (κ1) is 12.9. The highest BCUT2D eigenvalue weighted by molar-refractivity contribution is 9.12. The Hall–Kier alpha value is -1.16. The molecule has 19 heavy (non-hydrogen) atoms. The maximum atomic E-state index is 13.5. The summed E-state index contributed by atoms with van der Waals surface area (Å²) >= 11 is 3.52. The Balaban J connectivity index is 1.99. The zero-order valence-corrected chi connectivity index (χ0v) is 12.2. The van der Waals surface area contributed by atoms with E-state index >= 15 is 0 Å². The lowest BCUT2D eigenvalue weighted by atomic mass is 10.0. The molecule has 1 aliphatic heterocycles. The van der Waals surface area contributed by atoms with E-state index in [1.165, 1.54) is 24.1 Å². The van der Waals surface area contributed by atoms with E-state index in [-0.39, 0.29) is 11.9 Å². The van der Waals surface area contributed by atoms with Crippen LogP contribution in [-0.2, 0) is 6.42 Å². The second-order valence-electron chi connectivity index (χ2n) is 5.03. The van der Waals surface area contributed by atoms with Crippen LogP contribution >= 0.6 is 15.9 Å². The van der Waals surface area contributed by atoms with Gasteiger partial charge in [0.2, 0.25) is 0 Å². The van der Waals surface area contributed by atoms with E-state index in [9.17, 15) is 4.39 Å². The van der Waals surface area contributed by atoms with Gasteiger partial charge in [-0.3, -0.25) is 0 Å². The van der Waals surface area contributed by atoms with Crippen molar-refractivity contribution in [2.75, 3.05) is 0 Å². The highest BCUT2D eigenvalue weighted by atomic mass is 79.9. The van der Waals surface area contributed by atoms with Crippen LogP contribution in [0, 0.1) is 0 Å². The molecule has 0 fully saturated rings. The summed E-state index contributed by atoms with van der Waals surface area (Å²) in [6, 6.07) is 0.268. The van der Waals surface area contributed by atoms with Crippen molar-refractivity contribution >= 4 is 15.9 Å². The van der Waals surface area contributed by atoms with Gasteiger partial charge in [-0.15, -0.1) is 0 Å². The zero-order valence-electron chi connectivity index (χ0n) is 10.6. The van der Waals surface area contributed by atoms with E-state index in [0.717, 1.165) is 17.3 Å². The summed E-state index contributed by atoms with van der Waals surface area (Å²) in [5.41, 5.74) is 2.45. The molecule has 2 nitrogen and oxygen atoms in total. The van der Waals surface area contributed by atoms with Crippen LogP contribution in [0.25, 0.3) is 0 Å². The Morgan fingerprint density at radius 2 is 2.21 bits per heavy atom. The van der Waals surface area contributed by atoms with Gasteiger partial charge in [0.1, 0.15) is 5.83 Å². The number of imidazole rings is 1. The standard InChI is InChI=1S/C15H16BrFN2/c16-14-8-11(17)4-3-6-13(14)15-7-2-1-5-12-9-18-10-19(12)15/h4,6,8-10,15H,1-3,5,7H2. The molecule has 0 bridgehead atoms. The Bertz CT molecular complexity index is 568. The molecular weight excluding hydrogens is 307 g/mol. The molecule has 0 spiro atoms. The minimum absolute atomic E-state index is 0.169. The van der Waals surface area contributed by atoms with Crippen LogP contribution in [0.4, 0.5) is 4.39 Å². The summed E-state index contributed by atoms with van der Waals surface area (Å²) in [6.07, 6.45) is 14.4. The maximum absolute atomic E-state index is 13.5. The van der Waals surface area contributed by atoms with Gasteiger partial charge in [-0.1, -0.05) is 28.4 Å². The van der Waals surface area contributed by atoms with Crippen molar-refractivity contribution in [3.05, 3.63) is 52.3 Å². The normalized spacial score (nSPS) is 23.7. The Kier molecular flexibility index (Phi) is 3.69. The van der Waals surface area contributed by atoms with Gasteiger partial charge >= 0.3 is 0 Å². The SMILES string of the molecule is FC1=CCC=C(C2CCCCc3cncn32)C(Br)=C1. The second kappa shape index (κ2) is 5.45. The number of halogens is 2. The lowest BCUT2D eigenvalue weighted by Crippen LogP contribution is -2.12. The quantitative estimate of drug-likeness (QED) is 0.738. The average molecular weight is 323 g/mol. The third-order valence-corrected chi connectivity index (χ3v) is 4.48. The van der Waals surface area contributed by atoms with Crippen molar-refractivity contribution in [3.8, 4) is 0 Å². The molecule has 1 aromatic heterocycles. The predicted octanol–water partition coefficient (Wildman–Crippen LogP) is 4.61. The van der Waals surface area contributed by atoms with Gasteiger partial charge in [0.25, 0.3) is 0 Å². The zero-order chi connectivity index (χ0) is 13.2. The number of nitrogens with zero attached hydrogens (tertiary/aromatic N) is 2. The van der Waals surface area contributed by atoms with Crippen molar-refractivity contribution in [2.24, 2.45) is 0 Å². The molecule has 0 radical (unpaired) electrons. The first-order chi connectivity index (χ1) is 9.25. The molecule has 4 heteroatoms. The molecule has 1 unspecified atom stereocenters. The molecule has 1 aromatic rings. The van der Waals surface area contributed by atoms with Crippen molar-refractivity contribution in [2.45, 2.75) is 38.1 Å². The fourth-order valence-electron chi connectivity index (χ4n) is 2.85. The first-order valence-electron chi connectivity index (χ1n) is 6.69. The summed E-state index contributed by atoms with van der Waals surface area (Å²) in [6.45, 7) is 0. The minimum Gasteiger partial charge on any atom is -0.327 e. The van der Waals surface area contributed by atoms with Gasteiger partial charge in [0.15, 0.2) is 0 Å². The van der Waals surface area contributed by atoms with Crippen molar-refractivity contribution in [3.63, 3.8) is 0 Å². The Morgan fingerprint density at radius 1 is 1.32 bits per heavy atom. The summed E-state index contributed by atoms with van der Waals surface area (Å²) in [5, 5.41) is 0. The molecule has 3 rings (SSSR count). The molecule has 1 atom stereocenters. The minimum atomic E-state index is -0.169. The van der Waals surface area contributed by atoms with Crippen LogP contribution in [-0.4, -0.2) is 9.55 Å². The van der Waals surface area contributed by atoms with E-state index < -0.39 is 0 Å². The summed E-state index contributed by atoms with van der Waals surface area (Å²) < 4.78 is 16.6. The van der Waals surface area contributed by atoms with E-state index in [1.807, 2.05) is 12.5 Å². The number of aromatic nitrogens is 2. The molecular formula is C15H16BrFN2. The number of hydrogen-bond donors (Lipinski definition) is 0. The molecule has 0 aromatic carbocycles. The van der Waals surface area contributed by atoms with Gasteiger partial charge in [-0.2, -0.15) is 0 Å². The van der Waals surface area contributed by atoms with Crippen LogP contribution in [0.5, 0.6) is 0 Å². The monoisotopic (exact) mass is 322 g/mol. The Labute approximate surface area is 120 Å². The molecule has 0 N–H and O–H groups in total. The smallest absolute Gasteiger partial charge is 0.120 e. The highest BCUT2D eigenvalue weighted by Crippen LogP contribution is 2.37. The van der Waals surface area contributed by atoms with Crippen molar-refractivity contribution in [1.82, 2.24) is 9.55 Å². The number of aryl methyl sites for hydroxylation is 1. The van der Waals surface area contributed by atoms with Crippen molar-refractivity contribution < 1.29 is 4.39 Å². The molecule has 2 aliphatic rings. The van der Waals surface area contributed by atoms with Crippen LogP contribution in [0.3, 0.4) is 0 Å². The maximum Gasteiger partial charge on any atom is 0.120 e. The number of rotatable bonds is 1. The molecule has 2 heterocycles. The van der Waals surface area contributed by atoms with Crippen LogP contribution < -0.4 is 0 Å². The summed E-state index contributed by atoms with van der Waals surface area (Å²) in [5.74, 6) is -0.169. The lowest BCUT2D eigenvalue weighted by molar-refractivity contribution is 0.533. The molecule has 0 amide bonds. The van der Waals surface area contributed by atoms with Gasteiger partial charge in [0.05, 0.1) is 12.4 Å². The third kappa shape index (κ3) is 2.59. The average Bonchev–Trinajstić information content (AvgIpc) is 2.67. The number of fused-ring (bicyclic) bond motifs is 1. The second-order valence-corrected chi connectivity index (χ2v) is 5.88. The third-order valence-electron chi connectivity index (χ3n) is 3.79. The van der Waals surface area contributed by atoms with Gasteiger partial charge < -0.3 is 4.57 Å². The summed E-state index contributed by atoms with van der Waals surface area (Å²) in [4.78, 5) is 4.27. The fraction of sp³-hybridized carbons (Fsp3) is 0.400. The topological polar surface area (TPSA) is 17.8 Å². The molecule has 1 aliphatic carbocycles. The van der Waals surface area contributed by atoms with E-state index in [4.69, 9.17) is 0 Å². The van der Waals surface area contributed by atoms with E-state index in [2.05, 4.69) is 31.6 Å². The molecule has 100 valence electrons. The van der Waals surface area contributed by atoms with Gasteiger partial charge in [-0.25, -0.2) is 9.37 Å². The van der Waals surface area contributed by atoms with E-state index in [1.54, 1.807) is 12.2 Å². The summed E-state index contributed by atoms with van der Waals surface area (Å²) in [7, 11) is 0. The van der Waals surface area contributed by atoms with Gasteiger partial charge in [0, 0.05) is 16.4 Å². The molecule has 0 saturated heterocycles. The number of allylic oxidation sites excluding steroid dienone is 6. The highest BCUT2D eigenvalue weighted by Gasteiger charge is 2.23. The predicted molar refractivity (Wildman–Crippen MR) is 77.7 cm³/mol. The lowest BCUT2D eigenvalue weighted by Gasteiger charge is -2.21. The van der Waals surface area contributed by atoms with Gasteiger partial charge in [-0.05, 0) is 43.4 Å². The fourth-order valence-corrected chi connectivity index (χ4v) is 3.49. The Morgan fingerprint density at radius 3 is 3.11 bits per heavy atom. The van der Waals surface area contributed by atoms with Crippen LogP contribution in [0.15, 0.2) is 46.6 Å². The number of hydrogen-bond acceptors (Lipinski definition) is 1. The largest absolute Gasteiger partial charge is 0.327 e. The van der Waals surface area contributed by atoms with E-state index in [0.29, 0.717) is 6.42 Å². The van der Waals surface area contributed by atoms with Crippen LogP contribution in [0.1, 0.15) is 37.4 Å². The first-order valence-corrected chi connectivity index (χ1v) is 7.49. The molecule has 0 saturated carbocycles. The van der Waals surface area contributed by atoms with Crippen LogP contribution in [0.2, 0.25) is 0 Å². The van der Waals surface area contributed by atoms with Crippen molar-refractivity contribution in [1.29, 1.82) is 0 Å².